The predicted octanol–water partition coefficient (Wildman–Crippen LogP) is 2.61. The molecule has 0 aliphatic heterocycles. The lowest BCUT2D eigenvalue weighted by molar-refractivity contribution is 0.0681. The first kappa shape index (κ1) is 16.2. The van der Waals surface area contributed by atoms with Gasteiger partial charge in [0.1, 0.15) is 0 Å². The van der Waals surface area contributed by atoms with E-state index in [1.165, 1.54) is 49.9 Å². The molecule has 5 heteroatoms. The number of hydrogen-bond acceptors (Lipinski definition) is 3. The van der Waals surface area contributed by atoms with Gasteiger partial charge in [0.25, 0.3) is 0 Å². The molecule has 110 valence electrons. The smallest absolute Gasteiger partial charge is 0.335 e. The van der Waals surface area contributed by atoms with Gasteiger partial charge in [0.2, 0.25) is 0 Å². The molecular formula is C15H21NO4. The van der Waals surface area contributed by atoms with Crippen molar-refractivity contribution in [1.29, 1.82) is 0 Å². The third-order valence-electron chi connectivity index (χ3n) is 3.44. The van der Waals surface area contributed by atoms with Crippen molar-refractivity contribution in [3.63, 3.8) is 0 Å². The second kappa shape index (κ2) is 7.65. The van der Waals surface area contributed by atoms with Gasteiger partial charge in [-0.2, -0.15) is 0 Å². The van der Waals surface area contributed by atoms with Crippen LogP contribution in [-0.4, -0.2) is 28.2 Å². The van der Waals surface area contributed by atoms with E-state index in [0.717, 1.165) is 5.92 Å². The fraction of sp³-hybridized carbons (Fsp3) is 0.467. The van der Waals surface area contributed by atoms with E-state index in [9.17, 15) is 9.59 Å². The first-order valence-corrected chi connectivity index (χ1v) is 6.72. The van der Waals surface area contributed by atoms with E-state index >= 15 is 0 Å². The lowest BCUT2D eigenvalue weighted by Gasteiger charge is -2.22. The van der Waals surface area contributed by atoms with Crippen LogP contribution in [0.2, 0.25) is 0 Å². The molecule has 2 rings (SSSR count). The Balaban J connectivity index is 0.000000217. The fourth-order valence-electron chi connectivity index (χ4n) is 2.04. The lowest BCUT2D eigenvalue weighted by Crippen LogP contribution is -2.25. The molecule has 1 aliphatic rings. The van der Waals surface area contributed by atoms with E-state index in [0.29, 0.717) is 6.04 Å². The molecule has 0 atom stereocenters. The van der Waals surface area contributed by atoms with Crippen LogP contribution in [-0.2, 0) is 0 Å². The lowest BCUT2D eigenvalue weighted by atomic mass is 9.88. The molecule has 4 N–H and O–H groups in total. The SMILES string of the molecule is CC1CCC(N)CC1.O=C(O)c1ccc(C(=O)O)cc1. The van der Waals surface area contributed by atoms with Gasteiger partial charge in [-0.05, 0) is 55.9 Å². The summed E-state index contributed by atoms with van der Waals surface area (Å²) in [5.74, 6) is -1.19. The molecule has 1 aromatic carbocycles. The van der Waals surface area contributed by atoms with Crippen LogP contribution in [0.3, 0.4) is 0 Å². The highest BCUT2D eigenvalue weighted by atomic mass is 16.4. The number of carboxylic acid groups (broad SMARTS) is 2. The number of hydrogen-bond donors (Lipinski definition) is 3. The van der Waals surface area contributed by atoms with E-state index in [1.54, 1.807) is 0 Å². The van der Waals surface area contributed by atoms with E-state index < -0.39 is 11.9 Å². The monoisotopic (exact) mass is 279 g/mol. The number of carbonyl (C=O) groups is 2. The maximum atomic E-state index is 10.3. The zero-order valence-corrected chi connectivity index (χ0v) is 11.6. The van der Waals surface area contributed by atoms with Gasteiger partial charge in [-0.3, -0.25) is 0 Å². The van der Waals surface area contributed by atoms with Gasteiger partial charge in [0, 0.05) is 6.04 Å². The average molecular weight is 279 g/mol. The van der Waals surface area contributed by atoms with E-state index in [2.05, 4.69) is 6.92 Å². The van der Waals surface area contributed by atoms with Crippen LogP contribution in [0.25, 0.3) is 0 Å². The normalized spacial score (nSPS) is 21.5. The van der Waals surface area contributed by atoms with Crippen LogP contribution >= 0.6 is 0 Å². The molecule has 0 heterocycles. The van der Waals surface area contributed by atoms with Crippen molar-refractivity contribution in [3.05, 3.63) is 35.4 Å². The minimum atomic E-state index is -1.06. The molecule has 1 aliphatic carbocycles. The maximum Gasteiger partial charge on any atom is 0.335 e. The van der Waals surface area contributed by atoms with Gasteiger partial charge in [-0.15, -0.1) is 0 Å². The molecule has 5 nitrogen and oxygen atoms in total. The van der Waals surface area contributed by atoms with Crippen molar-refractivity contribution in [2.75, 3.05) is 0 Å². The Morgan fingerprint density at radius 1 is 0.950 bits per heavy atom. The van der Waals surface area contributed by atoms with Crippen LogP contribution in [0.5, 0.6) is 0 Å². The Hall–Kier alpha value is -1.88. The summed E-state index contributed by atoms with van der Waals surface area (Å²) in [6.07, 6.45) is 5.20. The largest absolute Gasteiger partial charge is 0.478 e. The molecule has 1 fully saturated rings. The number of benzene rings is 1. The average Bonchev–Trinajstić information content (AvgIpc) is 2.43. The highest BCUT2D eigenvalue weighted by Gasteiger charge is 2.13. The third kappa shape index (κ3) is 5.40. The maximum absolute atomic E-state index is 10.3. The number of nitrogens with two attached hydrogens (primary N) is 1. The highest BCUT2D eigenvalue weighted by molar-refractivity contribution is 5.91. The van der Waals surface area contributed by atoms with Crippen LogP contribution in [0.15, 0.2) is 24.3 Å². The van der Waals surface area contributed by atoms with Gasteiger partial charge >= 0.3 is 11.9 Å². The summed E-state index contributed by atoms with van der Waals surface area (Å²) in [4.78, 5) is 20.7. The number of aromatic carboxylic acids is 2. The molecule has 20 heavy (non-hydrogen) atoms. The summed E-state index contributed by atoms with van der Waals surface area (Å²) in [6.45, 7) is 2.31. The van der Waals surface area contributed by atoms with Crippen molar-refractivity contribution >= 4 is 11.9 Å². The van der Waals surface area contributed by atoms with Crippen molar-refractivity contribution < 1.29 is 19.8 Å². The molecule has 0 unspecified atom stereocenters. The van der Waals surface area contributed by atoms with Gasteiger partial charge < -0.3 is 15.9 Å². The minimum Gasteiger partial charge on any atom is -0.478 e. The van der Waals surface area contributed by atoms with Crippen LogP contribution in [0, 0.1) is 5.92 Å². The standard InChI is InChI=1S/C8H6O4.C7H15N/c9-7(10)5-1-2-6(4-3-5)8(11)12;1-6-2-4-7(8)5-3-6/h1-4H,(H,9,10)(H,11,12);6-7H,2-5,8H2,1H3. The van der Waals surface area contributed by atoms with Gasteiger partial charge in [0.05, 0.1) is 11.1 Å². The zero-order valence-electron chi connectivity index (χ0n) is 11.6. The molecule has 0 saturated heterocycles. The van der Waals surface area contributed by atoms with E-state index in [1.807, 2.05) is 0 Å². The quantitative estimate of drug-likeness (QED) is 0.772. The molecule has 0 bridgehead atoms. The van der Waals surface area contributed by atoms with Gasteiger partial charge in [0.15, 0.2) is 0 Å². The van der Waals surface area contributed by atoms with Crippen LogP contribution in [0.4, 0.5) is 0 Å². The van der Waals surface area contributed by atoms with E-state index in [4.69, 9.17) is 15.9 Å². The Labute approximate surface area is 118 Å². The molecule has 0 radical (unpaired) electrons. The highest BCUT2D eigenvalue weighted by Crippen LogP contribution is 2.21. The molecule has 0 aromatic heterocycles. The van der Waals surface area contributed by atoms with Crippen molar-refractivity contribution in [2.24, 2.45) is 11.7 Å². The minimum absolute atomic E-state index is 0.0833. The van der Waals surface area contributed by atoms with Gasteiger partial charge in [-0.1, -0.05) is 6.92 Å². The first-order valence-electron chi connectivity index (χ1n) is 6.72. The second-order valence-electron chi connectivity index (χ2n) is 5.21. The topological polar surface area (TPSA) is 101 Å². The number of carboxylic acids is 2. The van der Waals surface area contributed by atoms with Crippen molar-refractivity contribution in [2.45, 2.75) is 38.6 Å². The Morgan fingerprint density at radius 2 is 1.30 bits per heavy atom. The molecule has 1 aromatic rings. The molecule has 0 amide bonds. The van der Waals surface area contributed by atoms with E-state index in [-0.39, 0.29) is 11.1 Å². The summed E-state index contributed by atoms with van der Waals surface area (Å²) in [5, 5.41) is 16.9. The summed E-state index contributed by atoms with van der Waals surface area (Å²) in [7, 11) is 0. The van der Waals surface area contributed by atoms with Crippen LogP contribution < -0.4 is 5.73 Å². The Kier molecular flexibility index (Phi) is 6.18. The first-order chi connectivity index (χ1) is 9.40. The molecule has 1 saturated carbocycles. The van der Waals surface area contributed by atoms with Crippen molar-refractivity contribution in [3.8, 4) is 0 Å². The molecule has 0 spiro atoms. The Morgan fingerprint density at radius 3 is 1.55 bits per heavy atom. The molecular weight excluding hydrogens is 258 g/mol. The zero-order chi connectivity index (χ0) is 15.1. The number of rotatable bonds is 2. The Bertz CT molecular complexity index is 404. The van der Waals surface area contributed by atoms with Gasteiger partial charge in [-0.25, -0.2) is 9.59 Å². The third-order valence-corrected chi connectivity index (χ3v) is 3.44. The summed E-state index contributed by atoms with van der Waals surface area (Å²) < 4.78 is 0. The fourth-order valence-corrected chi connectivity index (χ4v) is 2.04. The van der Waals surface area contributed by atoms with Crippen molar-refractivity contribution in [1.82, 2.24) is 0 Å². The predicted molar refractivity (Wildman–Crippen MR) is 76.0 cm³/mol. The second-order valence-corrected chi connectivity index (χ2v) is 5.21. The summed E-state index contributed by atoms with van der Waals surface area (Å²) in [6, 6.07) is 5.54. The van der Waals surface area contributed by atoms with Crippen LogP contribution in [0.1, 0.15) is 53.3 Å². The summed E-state index contributed by atoms with van der Waals surface area (Å²) >= 11 is 0. The summed E-state index contributed by atoms with van der Waals surface area (Å²) in [5.41, 5.74) is 5.86.